The lowest BCUT2D eigenvalue weighted by atomic mass is 10.1. The normalized spacial score (nSPS) is 23.9. The van der Waals surface area contributed by atoms with Crippen LogP contribution in [-0.4, -0.2) is 83.4 Å². The Balaban J connectivity index is 1.23. The lowest BCUT2D eigenvalue weighted by Crippen LogP contribution is -2.60. The van der Waals surface area contributed by atoms with E-state index in [1.807, 2.05) is 40.9 Å². The number of aromatic nitrogens is 1. The van der Waals surface area contributed by atoms with Crippen molar-refractivity contribution in [2.75, 3.05) is 62.9 Å². The zero-order valence-corrected chi connectivity index (χ0v) is 20.5. The van der Waals surface area contributed by atoms with E-state index in [1.165, 1.54) is 5.70 Å². The van der Waals surface area contributed by atoms with Crippen LogP contribution in [0.2, 0.25) is 0 Å². The van der Waals surface area contributed by atoms with E-state index in [-0.39, 0.29) is 5.91 Å². The number of nitriles is 1. The summed E-state index contributed by atoms with van der Waals surface area (Å²) in [6.45, 7) is 4.82. The second-order valence-electron chi connectivity index (χ2n) is 9.13. The molecule has 0 spiro atoms. The van der Waals surface area contributed by atoms with E-state index < -0.39 is 0 Å². The molecule has 0 radical (unpaired) electrons. The first-order valence-electron chi connectivity index (χ1n) is 11.9. The number of ether oxygens (including phenoxy) is 1. The predicted octanol–water partition coefficient (Wildman–Crippen LogP) is 2.85. The van der Waals surface area contributed by atoms with Crippen molar-refractivity contribution >= 4 is 34.3 Å². The Morgan fingerprint density at radius 1 is 1.23 bits per heavy atom. The molecule has 0 unspecified atom stereocenters. The van der Waals surface area contributed by atoms with Gasteiger partial charge < -0.3 is 14.5 Å². The van der Waals surface area contributed by atoms with E-state index >= 15 is 0 Å². The minimum Gasteiger partial charge on any atom is -0.494 e. The topological polar surface area (TPSA) is 72.7 Å². The molecular weight excluding hydrogens is 460 g/mol. The van der Waals surface area contributed by atoms with Gasteiger partial charge in [0.1, 0.15) is 35.8 Å². The van der Waals surface area contributed by atoms with E-state index in [0.717, 1.165) is 61.0 Å². The molecule has 35 heavy (non-hydrogen) atoms. The van der Waals surface area contributed by atoms with Crippen LogP contribution in [0.1, 0.15) is 5.69 Å². The SMILES string of the molecule is COc1cccc2c(N3CCN([N@@+]45C=CC=C4C=C(C(=O)N4CCSC4)C5)CC3)cc(C#N)nc12. The fourth-order valence-corrected chi connectivity index (χ4v) is 6.48. The smallest absolute Gasteiger partial charge is 0.256 e. The van der Waals surface area contributed by atoms with Gasteiger partial charge in [-0.3, -0.25) is 4.79 Å². The quantitative estimate of drug-likeness (QED) is 0.614. The van der Waals surface area contributed by atoms with Crippen molar-refractivity contribution in [3.8, 4) is 11.8 Å². The van der Waals surface area contributed by atoms with Crippen molar-refractivity contribution in [2.24, 2.45) is 0 Å². The third-order valence-electron chi connectivity index (χ3n) is 7.31. The third kappa shape index (κ3) is 3.60. The van der Waals surface area contributed by atoms with E-state index in [0.29, 0.717) is 28.1 Å². The number of benzene rings is 1. The van der Waals surface area contributed by atoms with Crippen molar-refractivity contribution in [3.05, 3.63) is 65.7 Å². The number of hydrogen-bond acceptors (Lipinski definition) is 7. The third-order valence-corrected chi connectivity index (χ3v) is 8.28. The first-order valence-corrected chi connectivity index (χ1v) is 13.0. The molecule has 178 valence electrons. The predicted molar refractivity (Wildman–Crippen MR) is 136 cm³/mol. The number of carbonyl (C=O) groups is 1. The number of amides is 1. The molecule has 4 aliphatic rings. The highest BCUT2D eigenvalue weighted by Crippen LogP contribution is 2.39. The van der Waals surface area contributed by atoms with Gasteiger partial charge in [0.15, 0.2) is 5.70 Å². The molecule has 2 saturated heterocycles. The summed E-state index contributed by atoms with van der Waals surface area (Å²) >= 11 is 1.82. The van der Waals surface area contributed by atoms with Crippen LogP contribution in [0.25, 0.3) is 10.9 Å². The molecule has 0 aliphatic carbocycles. The van der Waals surface area contributed by atoms with Crippen molar-refractivity contribution in [1.29, 1.82) is 5.26 Å². The summed E-state index contributed by atoms with van der Waals surface area (Å²) in [6.07, 6.45) is 8.54. The lowest BCUT2D eigenvalue weighted by Gasteiger charge is -2.44. The second-order valence-corrected chi connectivity index (χ2v) is 10.2. The number of hydrogen-bond donors (Lipinski definition) is 0. The molecule has 9 heteroatoms. The van der Waals surface area contributed by atoms with Crippen LogP contribution in [-0.2, 0) is 4.79 Å². The number of pyridine rings is 1. The average Bonchev–Trinajstić information content (AvgIpc) is 3.64. The van der Waals surface area contributed by atoms with Gasteiger partial charge in [0, 0.05) is 48.6 Å². The molecule has 8 nitrogen and oxygen atoms in total. The average molecular weight is 488 g/mol. The molecule has 2 fully saturated rings. The molecule has 6 rings (SSSR count). The fraction of sp³-hybridized carbons (Fsp3) is 0.346. The molecule has 0 saturated carbocycles. The van der Waals surface area contributed by atoms with Crippen LogP contribution in [0.3, 0.4) is 0 Å². The van der Waals surface area contributed by atoms with Gasteiger partial charge in [0.05, 0.1) is 31.6 Å². The molecule has 1 aromatic carbocycles. The summed E-state index contributed by atoms with van der Waals surface area (Å²) in [7, 11) is 1.63. The van der Waals surface area contributed by atoms with Gasteiger partial charge in [0.25, 0.3) is 5.91 Å². The number of allylic oxidation sites excluding steroid dienone is 3. The number of anilines is 1. The Kier molecular flexibility index (Phi) is 5.52. The van der Waals surface area contributed by atoms with Gasteiger partial charge >= 0.3 is 0 Å². The Hall–Kier alpha value is -3.32. The van der Waals surface area contributed by atoms with Crippen LogP contribution >= 0.6 is 11.8 Å². The summed E-state index contributed by atoms with van der Waals surface area (Å²) in [5.74, 6) is 2.66. The standard InChI is InChI=1S/C26H27N6O2S/c1-34-24-6-2-5-22-23(15-20(16-27)28-25(22)24)29-7-9-31(10-8-29)32-12-3-4-21(32)14-19(17-32)26(33)30-11-13-35-18-30/h2-6,12,14-15H,7-11,13,17-18H2,1H3/q+1/t32-/m1/s1. The molecule has 4 aliphatic heterocycles. The molecule has 1 atom stereocenters. The summed E-state index contributed by atoms with van der Waals surface area (Å²) in [5, 5.41) is 13.0. The van der Waals surface area contributed by atoms with Crippen molar-refractivity contribution in [1.82, 2.24) is 14.9 Å². The van der Waals surface area contributed by atoms with E-state index in [9.17, 15) is 10.1 Å². The summed E-state index contributed by atoms with van der Waals surface area (Å²) in [6, 6.07) is 9.97. The number of thioether (sulfide) groups is 1. The lowest BCUT2D eigenvalue weighted by molar-refractivity contribution is -0.948. The fourth-order valence-electron chi connectivity index (χ4n) is 5.53. The first-order chi connectivity index (χ1) is 17.1. The summed E-state index contributed by atoms with van der Waals surface area (Å²) in [5.41, 5.74) is 4.18. The van der Waals surface area contributed by atoms with Crippen LogP contribution in [0.4, 0.5) is 5.69 Å². The Morgan fingerprint density at radius 3 is 2.83 bits per heavy atom. The maximum atomic E-state index is 13.1. The number of piperazine rings is 1. The summed E-state index contributed by atoms with van der Waals surface area (Å²) < 4.78 is 6.11. The number of fused-ring (bicyclic) bond motifs is 2. The zero-order valence-electron chi connectivity index (χ0n) is 19.7. The molecule has 1 amide bonds. The monoisotopic (exact) mass is 487 g/mol. The van der Waals surface area contributed by atoms with Gasteiger partial charge in [-0.05, 0) is 18.2 Å². The first kappa shape index (κ1) is 22.2. The van der Waals surface area contributed by atoms with Crippen LogP contribution in [0, 0.1) is 11.3 Å². The number of carbonyl (C=O) groups excluding carboxylic acids is 1. The largest absolute Gasteiger partial charge is 0.494 e. The van der Waals surface area contributed by atoms with E-state index in [2.05, 4.69) is 45.4 Å². The van der Waals surface area contributed by atoms with Gasteiger partial charge in [-0.15, -0.1) is 16.8 Å². The van der Waals surface area contributed by atoms with Crippen molar-refractivity contribution < 1.29 is 14.1 Å². The number of quaternary nitrogens is 1. The molecule has 0 bridgehead atoms. The second kappa shape index (κ2) is 8.72. The van der Waals surface area contributed by atoms with Crippen molar-refractivity contribution in [2.45, 2.75) is 0 Å². The zero-order chi connectivity index (χ0) is 24.0. The van der Waals surface area contributed by atoms with Gasteiger partial charge in [0.2, 0.25) is 0 Å². The maximum absolute atomic E-state index is 13.1. The Bertz CT molecular complexity index is 1330. The highest BCUT2D eigenvalue weighted by molar-refractivity contribution is 7.99. The highest BCUT2D eigenvalue weighted by Gasteiger charge is 2.48. The number of para-hydroxylation sites is 1. The van der Waals surface area contributed by atoms with Gasteiger partial charge in [-0.25, -0.2) is 4.98 Å². The number of methoxy groups -OCH3 is 1. The van der Waals surface area contributed by atoms with Crippen LogP contribution in [0.5, 0.6) is 5.75 Å². The molecule has 5 heterocycles. The summed E-state index contributed by atoms with van der Waals surface area (Å²) in [4.78, 5) is 21.9. The van der Waals surface area contributed by atoms with Crippen LogP contribution in [0.15, 0.2) is 60.0 Å². The van der Waals surface area contributed by atoms with E-state index in [4.69, 9.17) is 4.74 Å². The highest BCUT2D eigenvalue weighted by atomic mass is 32.2. The Morgan fingerprint density at radius 2 is 2.09 bits per heavy atom. The number of nitrogens with zero attached hydrogens (tertiary/aromatic N) is 6. The molecule has 0 N–H and O–H groups in total. The Labute approximate surface area is 208 Å². The molecule has 2 aromatic rings. The minimum atomic E-state index is 0.177. The van der Waals surface area contributed by atoms with Gasteiger partial charge in [-0.1, -0.05) is 12.1 Å². The minimum absolute atomic E-state index is 0.177. The van der Waals surface area contributed by atoms with Crippen molar-refractivity contribution in [3.63, 3.8) is 0 Å². The molecule has 1 aromatic heterocycles. The molecular formula is C26H27N6O2S+. The van der Waals surface area contributed by atoms with E-state index in [1.54, 1.807) is 7.11 Å². The maximum Gasteiger partial charge on any atom is 0.256 e. The number of rotatable bonds is 4. The van der Waals surface area contributed by atoms with Gasteiger partial charge in [-0.2, -0.15) is 9.85 Å². The van der Waals surface area contributed by atoms with Crippen LogP contribution < -0.4 is 9.64 Å².